The van der Waals surface area contributed by atoms with E-state index < -0.39 is 17.8 Å². The maximum atomic E-state index is 13.5. The summed E-state index contributed by atoms with van der Waals surface area (Å²) in [5.41, 5.74) is 3.57. The Morgan fingerprint density at radius 3 is 2.17 bits per heavy atom. The molecule has 0 saturated carbocycles. The third-order valence-corrected chi connectivity index (χ3v) is 13.0. The number of amides is 3. The Hall–Kier alpha value is -6.56. The van der Waals surface area contributed by atoms with Crippen molar-refractivity contribution in [2.45, 2.75) is 46.1 Å². The van der Waals surface area contributed by atoms with Gasteiger partial charge in [-0.3, -0.25) is 19.2 Å². The number of anilines is 2. The molecule has 3 aliphatic rings. The van der Waals surface area contributed by atoms with Gasteiger partial charge in [-0.1, -0.05) is 68.2 Å². The topological polar surface area (TPSA) is 197 Å². The van der Waals surface area contributed by atoms with Crippen LogP contribution in [-0.2, 0) is 20.8 Å². The normalized spacial score (nSPS) is 12.8. The zero-order valence-electron chi connectivity index (χ0n) is 39.4. The smallest absolute Gasteiger partial charge is 0.336 e. The highest BCUT2D eigenvalue weighted by atomic mass is 35.5. The van der Waals surface area contributed by atoms with Gasteiger partial charge in [0.1, 0.15) is 17.1 Å². The number of likely N-dealkylation sites (tertiary alicyclic amines) is 1. The molecular weight excluding hydrogens is 954 g/mol. The lowest BCUT2D eigenvalue weighted by atomic mass is 9.90. The van der Waals surface area contributed by atoms with Crippen molar-refractivity contribution in [3.05, 3.63) is 134 Å². The zero-order valence-corrected chi connectivity index (χ0v) is 41.8. The molecule has 0 bridgehead atoms. The van der Waals surface area contributed by atoms with E-state index in [2.05, 4.69) is 51.8 Å². The summed E-state index contributed by atoms with van der Waals surface area (Å²) in [6.07, 6.45) is 2.30. The average Bonchev–Trinajstić information content (AvgIpc) is 3.86. The van der Waals surface area contributed by atoms with Gasteiger partial charge in [0.15, 0.2) is 10.5 Å². The Bertz CT molecular complexity index is 2880. The summed E-state index contributed by atoms with van der Waals surface area (Å²) >= 11 is 17.7. The van der Waals surface area contributed by atoms with E-state index in [1.807, 2.05) is 12.1 Å². The minimum atomic E-state index is -1.24. The number of carbonyl (C=O) groups is 4. The van der Waals surface area contributed by atoms with Crippen molar-refractivity contribution < 1.29 is 33.8 Å². The standard InChI is InChI=1S/C46H42Cl2N6O8S.C6H15N/c1-53(43(59)18-26-7-14-36(47)37(48)17-26)38(25-54-15-2-3-16-54)27-5-4-6-28(19-27)51-42(58)24-49-41(57)23-50-46(63)52-29-8-11-32(35(20-29)45(60)61)44-33-12-9-30(55)21-39(33)62-40-22-31(56)10-13-34(40)44;1-4-7(5-2)6-3/h4-14,17,19-22,38,55H,2-3,15-16,18,23-25H2,1H3,(H,49,57)(H,51,58)(H,60,61)(H2,50,52,63);4-6H2,1-3H3. The number of carboxylic acids is 1. The first-order valence-corrected chi connectivity index (χ1v) is 24.2. The first-order valence-electron chi connectivity index (χ1n) is 23.0. The van der Waals surface area contributed by atoms with Gasteiger partial charge in [0.05, 0.1) is 41.2 Å². The molecule has 18 heteroatoms. The number of halogens is 2. The monoisotopic (exact) mass is 1010 g/mol. The highest BCUT2D eigenvalue weighted by Gasteiger charge is 2.27. The van der Waals surface area contributed by atoms with Crippen molar-refractivity contribution in [2.75, 3.05) is 70.0 Å². The van der Waals surface area contributed by atoms with Crippen LogP contribution in [0.3, 0.4) is 0 Å². The van der Waals surface area contributed by atoms with Gasteiger partial charge < -0.3 is 50.6 Å². The van der Waals surface area contributed by atoms with Crippen molar-refractivity contribution >= 4 is 86.6 Å². The lowest BCUT2D eigenvalue weighted by molar-refractivity contribution is -0.131. The molecule has 4 aromatic rings. The number of aromatic hydroxyl groups is 1. The lowest BCUT2D eigenvalue weighted by Crippen LogP contribution is -2.41. The van der Waals surface area contributed by atoms with Crippen LogP contribution in [-0.4, -0.2) is 113 Å². The molecule has 1 aliphatic carbocycles. The van der Waals surface area contributed by atoms with E-state index in [0.717, 1.165) is 37.1 Å². The number of nitrogens with zero attached hydrogens (tertiary/aromatic N) is 3. The van der Waals surface area contributed by atoms with E-state index >= 15 is 0 Å². The number of rotatable bonds is 17. The number of hydrogen-bond acceptors (Lipinski definition) is 10. The second-order valence-electron chi connectivity index (χ2n) is 16.7. The summed E-state index contributed by atoms with van der Waals surface area (Å²) in [5, 5.41) is 32.7. The predicted octanol–water partition coefficient (Wildman–Crippen LogP) is 8.50. The fourth-order valence-corrected chi connectivity index (χ4v) is 8.74. The number of nitrogens with one attached hydrogen (secondary N) is 4. The third kappa shape index (κ3) is 14.0. The summed E-state index contributed by atoms with van der Waals surface area (Å²) in [4.78, 5) is 70.5. The molecule has 368 valence electrons. The number of phenolic OH excluding ortho intramolecular Hbond substituents is 1. The summed E-state index contributed by atoms with van der Waals surface area (Å²) in [7, 11) is 1.77. The average molecular weight is 1010 g/mol. The van der Waals surface area contributed by atoms with Crippen LogP contribution >= 0.6 is 35.4 Å². The minimum absolute atomic E-state index is 0.0206. The van der Waals surface area contributed by atoms with Gasteiger partial charge in [0.25, 0.3) is 0 Å². The van der Waals surface area contributed by atoms with Gasteiger partial charge in [0.2, 0.25) is 17.7 Å². The van der Waals surface area contributed by atoms with Gasteiger partial charge in [-0.05, 0) is 135 Å². The van der Waals surface area contributed by atoms with E-state index in [4.69, 9.17) is 39.8 Å². The number of carboxylic acid groups (broad SMARTS) is 1. The molecule has 2 heterocycles. The summed E-state index contributed by atoms with van der Waals surface area (Å²) in [5.74, 6) is -2.19. The molecule has 0 spiro atoms. The van der Waals surface area contributed by atoms with Gasteiger partial charge in [-0.15, -0.1) is 0 Å². The number of thiocarbonyl (C=S) groups is 1. The number of aromatic carboxylic acids is 1. The highest BCUT2D eigenvalue weighted by Crippen LogP contribution is 2.42. The van der Waals surface area contributed by atoms with E-state index in [-0.39, 0.29) is 64.7 Å². The first kappa shape index (κ1) is 52.8. The molecule has 4 aromatic carbocycles. The van der Waals surface area contributed by atoms with Crippen LogP contribution in [0.1, 0.15) is 61.1 Å². The summed E-state index contributed by atoms with van der Waals surface area (Å²) in [6, 6.07) is 25.4. The molecule has 15 nitrogen and oxygen atoms in total. The summed E-state index contributed by atoms with van der Waals surface area (Å²) in [6.45, 7) is 12.0. The molecule has 2 aliphatic heterocycles. The Balaban J connectivity index is 0.00000107. The molecule has 6 N–H and O–H groups in total. The van der Waals surface area contributed by atoms with Crippen LogP contribution in [0, 0.1) is 0 Å². The maximum absolute atomic E-state index is 13.5. The van der Waals surface area contributed by atoms with Crippen LogP contribution < -0.4 is 26.7 Å². The molecule has 7 rings (SSSR count). The molecule has 0 radical (unpaired) electrons. The molecule has 1 atom stereocenters. The quantitative estimate of drug-likeness (QED) is 0.0376. The SMILES string of the molecule is CCN(CC)CC.CN(C(=O)Cc1ccc(Cl)c(Cl)c1)C(CN1CCCC1)c1cccc(NC(=O)CNC(=O)CNC(=S)Nc2ccc(-c3c4ccc(=O)cc-4oc4cc(O)ccc34)c(C(=O)O)c2)c1. The molecular formula is C52H57Cl2N7O8S. The van der Waals surface area contributed by atoms with E-state index in [1.165, 1.54) is 50.0 Å². The Morgan fingerprint density at radius 1 is 0.786 bits per heavy atom. The van der Waals surface area contributed by atoms with Crippen LogP contribution in [0.2, 0.25) is 10.0 Å². The fraction of sp³-hybridized carbons (Fsp3) is 0.308. The second-order valence-corrected chi connectivity index (χ2v) is 17.9. The van der Waals surface area contributed by atoms with Crippen LogP contribution in [0.4, 0.5) is 11.4 Å². The van der Waals surface area contributed by atoms with Crippen LogP contribution in [0.25, 0.3) is 33.4 Å². The number of hydrogen-bond donors (Lipinski definition) is 6. The predicted molar refractivity (Wildman–Crippen MR) is 280 cm³/mol. The number of phenols is 1. The molecule has 1 saturated heterocycles. The van der Waals surface area contributed by atoms with Gasteiger partial charge in [0, 0.05) is 53.6 Å². The van der Waals surface area contributed by atoms with Gasteiger partial charge in [-0.25, -0.2) is 4.79 Å². The van der Waals surface area contributed by atoms with Crippen molar-refractivity contribution in [3.8, 4) is 28.2 Å². The van der Waals surface area contributed by atoms with E-state index in [0.29, 0.717) is 50.0 Å². The Labute approximate surface area is 422 Å². The summed E-state index contributed by atoms with van der Waals surface area (Å²) < 4.78 is 5.90. The minimum Gasteiger partial charge on any atom is -0.508 e. The van der Waals surface area contributed by atoms with Crippen molar-refractivity contribution in [1.29, 1.82) is 0 Å². The van der Waals surface area contributed by atoms with Gasteiger partial charge >= 0.3 is 5.97 Å². The first-order chi connectivity index (χ1) is 33.6. The van der Waals surface area contributed by atoms with Gasteiger partial charge in [-0.2, -0.15) is 0 Å². The lowest BCUT2D eigenvalue weighted by Gasteiger charge is -2.32. The number of benzene rings is 5. The Morgan fingerprint density at radius 2 is 1.49 bits per heavy atom. The van der Waals surface area contributed by atoms with Crippen molar-refractivity contribution in [2.24, 2.45) is 0 Å². The highest BCUT2D eigenvalue weighted by molar-refractivity contribution is 7.80. The van der Waals surface area contributed by atoms with Crippen molar-refractivity contribution in [1.82, 2.24) is 25.3 Å². The van der Waals surface area contributed by atoms with Crippen molar-refractivity contribution in [3.63, 3.8) is 0 Å². The molecule has 3 amide bonds. The number of carbonyl (C=O) groups excluding carboxylic acids is 3. The third-order valence-electron chi connectivity index (χ3n) is 12.0. The molecule has 0 aromatic heterocycles. The van der Waals surface area contributed by atoms with Crippen LogP contribution in [0.15, 0.2) is 106 Å². The van der Waals surface area contributed by atoms with E-state index in [1.54, 1.807) is 66.5 Å². The number of likely N-dealkylation sites (N-methyl/N-ethyl adjacent to an activating group) is 1. The molecule has 1 fully saturated rings. The maximum Gasteiger partial charge on any atom is 0.336 e. The number of fused-ring (bicyclic) bond motifs is 2. The second kappa shape index (κ2) is 24.8. The molecule has 1 unspecified atom stereocenters. The molecule has 70 heavy (non-hydrogen) atoms. The van der Waals surface area contributed by atoms with E-state index in [9.17, 15) is 34.2 Å². The largest absolute Gasteiger partial charge is 0.508 e. The fourth-order valence-electron chi connectivity index (χ4n) is 8.23. The Kier molecular flexibility index (Phi) is 18.7. The van der Waals surface area contributed by atoms with Crippen LogP contribution in [0.5, 0.6) is 5.75 Å². The zero-order chi connectivity index (χ0) is 50.5.